The number of hydrogen-bond acceptors (Lipinski definition) is 6. The molecule has 2 rings (SSSR count). The van der Waals surface area contributed by atoms with Crippen LogP contribution in [0.25, 0.3) is 0 Å². The molecule has 0 saturated heterocycles. The minimum atomic E-state index is 0.0580. The lowest BCUT2D eigenvalue weighted by molar-refractivity contribution is 0.475. The number of tetrazole rings is 1. The first-order valence-corrected chi connectivity index (χ1v) is 5.54. The van der Waals surface area contributed by atoms with Crippen LogP contribution in [0.15, 0.2) is 11.6 Å². The lowest BCUT2D eigenvalue weighted by atomic mass is 10.2. The minimum absolute atomic E-state index is 0.0580. The van der Waals surface area contributed by atoms with E-state index in [1.54, 1.807) is 17.5 Å². The zero-order chi connectivity index (χ0) is 10.7. The summed E-state index contributed by atoms with van der Waals surface area (Å²) in [5.41, 5.74) is 0. The smallest absolute Gasteiger partial charge is 0.191 e. The summed E-state index contributed by atoms with van der Waals surface area (Å²) in [6.07, 6.45) is 1.80. The molecule has 0 aliphatic heterocycles. The number of nitrogens with one attached hydrogen (secondary N) is 2. The van der Waals surface area contributed by atoms with Crippen molar-refractivity contribution < 1.29 is 0 Å². The Morgan fingerprint density at radius 1 is 1.40 bits per heavy atom. The second-order valence-electron chi connectivity index (χ2n) is 3.25. The number of aromatic amines is 1. The lowest BCUT2D eigenvalue weighted by Crippen LogP contribution is -2.23. The summed E-state index contributed by atoms with van der Waals surface area (Å²) in [5.74, 6) is 0.665. The highest BCUT2D eigenvalue weighted by atomic mass is 32.1. The molecule has 2 aromatic heterocycles. The van der Waals surface area contributed by atoms with E-state index in [4.69, 9.17) is 0 Å². The Balaban J connectivity index is 1.98. The number of thiazole rings is 1. The molecule has 2 heterocycles. The van der Waals surface area contributed by atoms with Crippen LogP contribution in [0.3, 0.4) is 0 Å². The maximum absolute atomic E-state index is 4.24. The minimum Gasteiger partial charge on any atom is -0.299 e. The molecule has 0 saturated carbocycles. The van der Waals surface area contributed by atoms with Crippen molar-refractivity contribution in [3.63, 3.8) is 0 Å². The van der Waals surface area contributed by atoms with E-state index in [-0.39, 0.29) is 12.1 Å². The first-order chi connectivity index (χ1) is 7.27. The molecule has 2 atom stereocenters. The fourth-order valence-electron chi connectivity index (χ4n) is 1.32. The van der Waals surface area contributed by atoms with E-state index in [2.05, 4.69) is 37.8 Å². The SMILES string of the molecule is CC(NC(C)c1nccs1)c1nn[nH]n1. The quantitative estimate of drug-likeness (QED) is 0.812. The van der Waals surface area contributed by atoms with Gasteiger partial charge in [-0.2, -0.15) is 5.21 Å². The third-order valence-corrected chi connectivity index (χ3v) is 3.03. The van der Waals surface area contributed by atoms with Crippen LogP contribution in [-0.2, 0) is 0 Å². The summed E-state index contributed by atoms with van der Waals surface area (Å²) in [7, 11) is 0. The van der Waals surface area contributed by atoms with Gasteiger partial charge in [0.2, 0.25) is 0 Å². The molecule has 0 radical (unpaired) electrons. The molecule has 0 aliphatic rings. The third kappa shape index (κ3) is 2.37. The molecule has 0 bridgehead atoms. The Kier molecular flexibility index (Phi) is 3.02. The van der Waals surface area contributed by atoms with Crippen molar-refractivity contribution in [3.05, 3.63) is 22.4 Å². The van der Waals surface area contributed by atoms with Gasteiger partial charge in [-0.1, -0.05) is 5.21 Å². The topological polar surface area (TPSA) is 79.4 Å². The first kappa shape index (κ1) is 10.2. The highest BCUT2D eigenvalue weighted by Crippen LogP contribution is 2.18. The molecule has 15 heavy (non-hydrogen) atoms. The Morgan fingerprint density at radius 3 is 2.87 bits per heavy atom. The molecule has 2 unspecified atom stereocenters. The molecule has 0 fully saturated rings. The molecule has 2 aromatic rings. The molecule has 7 heteroatoms. The molecule has 0 aromatic carbocycles. The van der Waals surface area contributed by atoms with Crippen LogP contribution >= 0.6 is 11.3 Å². The summed E-state index contributed by atoms with van der Waals surface area (Å²) in [6.45, 7) is 4.06. The Hall–Kier alpha value is -1.34. The van der Waals surface area contributed by atoms with Crippen LogP contribution in [0.4, 0.5) is 0 Å². The second-order valence-corrected chi connectivity index (χ2v) is 4.18. The summed E-state index contributed by atoms with van der Waals surface area (Å²) in [5, 5.41) is 20.2. The standard InChI is InChI=1S/C8H12N6S/c1-5(7-11-13-14-12-7)10-6(2)8-9-3-4-15-8/h3-6,10H,1-2H3,(H,11,12,13,14). The van der Waals surface area contributed by atoms with Crippen molar-refractivity contribution in [1.29, 1.82) is 0 Å². The lowest BCUT2D eigenvalue weighted by Gasteiger charge is -2.15. The number of hydrogen-bond donors (Lipinski definition) is 2. The van der Waals surface area contributed by atoms with Crippen molar-refractivity contribution in [3.8, 4) is 0 Å². The van der Waals surface area contributed by atoms with Crippen LogP contribution in [0.5, 0.6) is 0 Å². The van der Waals surface area contributed by atoms with Crippen LogP contribution < -0.4 is 5.32 Å². The van der Waals surface area contributed by atoms with E-state index < -0.39 is 0 Å². The third-order valence-electron chi connectivity index (χ3n) is 2.07. The van der Waals surface area contributed by atoms with Crippen molar-refractivity contribution in [2.75, 3.05) is 0 Å². The highest BCUT2D eigenvalue weighted by molar-refractivity contribution is 7.09. The highest BCUT2D eigenvalue weighted by Gasteiger charge is 2.15. The average molecular weight is 224 g/mol. The Bertz CT molecular complexity index is 345. The van der Waals surface area contributed by atoms with Crippen LogP contribution in [-0.4, -0.2) is 25.6 Å². The van der Waals surface area contributed by atoms with E-state index in [0.717, 1.165) is 5.01 Å². The Labute approximate surface area is 91.1 Å². The summed E-state index contributed by atoms with van der Waals surface area (Å²) >= 11 is 1.63. The predicted molar refractivity (Wildman–Crippen MR) is 56.3 cm³/mol. The van der Waals surface area contributed by atoms with E-state index in [0.29, 0.717) is 5.82 Å². The zero-order valence-corrected chi connectivity index (χ0v) is 9.32. The molecule has 0 amide bonds. The van der Waals surface area contributed by atoms with Crippen molar-refractivity contribution in [1.82, 2.24) is 30.9 Å². The first-order valence-electron chi connectivity index (χ1n) is 4.66. The predicted octanol–water partition coefficient (Wildman–Crippen LogP) is 1.07. The van der Waals surface area contributed by atoms with Gasteiger partial charge in [0.05, 0.1) is 12.1 Å². The zero-order valence-electron chi connectivity index (χ0n) is 8.51. The summed E-state index contributed by atoms with van der Waals surface area (Å²) in [4.78, 5) is 4.24. The molecule has 0 spiro atoms. The van der Waals surface area contributed by atoms with Gasteiger partial charge >= 0.3 is 0 Å². The fraction of sp³-hybridized carbons (Fsp3) is 0.500. The number of nitrogens with zero attached hydrogens (tertiary/aromatic N) is 4. The molecule has 80 valence electrons. The van der Waals surface area contributed by atoms with Crippen molar-refractivity contribution in [2.45, 2.75) is 25.9 Å². The van der Waals surface area contributed by atoms with Gasteiger partial charge in [-0.15, -0.1) is 21.5 Å². The van der Waals surface area contributed by atoms with Gasteiger partial charge in [0, 0.05) is 11.6 Å². The Morgan fingerprint density at radius 2 is 2.27 bits per heavy atom. The van der Waals surface area contributed by atoms with Gasteiger partial charge in [0.1, 0.15) is 5.01 Å². The van der Waals surface area contributed by atoms with Gasteiger partial charge in [0.25, 0.3) is 0 Å². The van der Waals surface area contributed by atoms with Gasteiger partial charge < -0.3 is 0 Å². The summed E-state index contributed by atoms with van der Waals surface area (Å²) in [6, 6.07) is 0.251. The molecular weight excluding hydrogens is 212 g/mol. The van der Waals surface area contributed by atoms with Crippen molar-refractivity contribution >= 4 is 11.3 Å². The van der Waals surface area contributed by atoms with E-state index >= 15 is 0 Å². The molecule has 0 aliphatic carbocycles. The van der Waals surface area contributed by atoms with E-state index in [9.17, 15) is 0 Å². The van der Waals surface area contributed by atoms with Gasteiger partial charge in [-0.25, -0.2) is 4.98 Å². The molecule has 6 nitrogen and oxygen atoms in total. The molecule has 2 N–H and O–H groups in total. The van der Waals surface area contributed by atoms with Gasteiger partial charge in [0.15, 0.2) is 5.82 Å². The van der Waals surface area contributed by atoms with Crippen LogP contribution in [0, 0.1) is 0 Å². The van der Waals surface area contributed by atoms with Gasteiger partial charge in [-0.05, 0) is 13.8 Å². The number of aromatic nitrogens is 5. The van der Waals surface area contributed by atoms with E-state index in [1.807, 2.05) is 12.3 Å². The monoisotopic (exact) mass is 224 g/mol. The van der Waals surface area contributed by atoms with Crippen LogP contribution in [0.1, 0.15) is 36.8 Å². The van der Waals surface area contributed by atoms with Crippen LogP contribution in [0.2, 0.25) is 0 Å². The normalized spacial score (nSPS) is 15.1. The summed E-state index contributed by atoms with van der Waals surface area (Å²) < 4.78 is 0. The fourth-order valence-corrected chi connectivity index (χ4v) is 1.98. The van der Waals surface area contributed by atoms with Gasteiger partial charge in [-0.3, -0.25) is 5.32 Å². The maximum atomic E-state index is 4.24. The average Bonchev–Trinajstić information content (AvgIpc) is 2.91. The molecular formula is C8H12N6S. The maximum Gasteiger partial charge on any atom is 0.191 e. The number of rotatable bonds is 4. The van der Waals surface area contributed by atoms with E-state index in [1.165, 1.54) is 0 Å². The van der Waals surface area contributed by atoms with Crippen molar-refractivity contribution in [2.24, 2.45) is 0 Å². The largest absolute Gasteiger partial charge is 0.299 e. The second kappa shape index (κ2) is 4.45. The number of H-pyrrole nitrogens is 1.